The Kier molecular flexibility index (Phi) is 7.09. The Morgan fingerprint density at radius 1 is 1.07 bits per heavy atom. The van der Waals surface area contributed by atoms with Crippen LogP contribution < -0.4 is 10.5 Å². The number of amidine groups is 1. The van der Waals surface area contributed by atoms with Crippen molar-refractivity contribution in [2.75, 3.05) is 4.90 Å². The second-order valence-electron chi connectivity index (χ2n) is 12.6. The van der Waals surface area contributed by atoms with E-state index >= 15 is 4.39 Å². The Morgan fingerprint density at radius 2 is 1.77 bits per heavy atom. The number of aliphatic imine (C=N–C) groups is 1. The van der Waals surface area contributed by atoms with Gasteiger partial charge in [0.15, 0.2) is 0 Å². The molecule has 2 aliphatic heterocycles. The average molecular weight is 592 g/mol. The maximum Gasteiger partial charge on any atom is 0.415 e. The molecule has 1 N–H and O–H groups in total. The first kappa shape index (κ1) is 28.9. The summed E-state index contributed by atoms with van der Waals surface area (Å²) >= 11 is 0. The molecule has 3 heterocycles. The first-order valence-corrected chi connectivity index (χ1v) is 14.9. The zero-order chi connectivity index (χ0) is 30.7. The van der Waals surface area contributed by atoms with Gasteiger partial charge >= 0.3 is 6.09 Å². The van der Waals surface area contributed by atoms with Crippen molar-refractivity contribution in [3.05, 3.63) is 69.6 Å². The van der Waals surface area contributed by atoms with E-state index in [1.165, 1.54) is 35.2 Å². The topological polar surface area (TPSA) is 108 Å². The maximum absolute atomic E-state index is 15.2. The Morgan fingerprint density at radius 3 is 2.42 bits per heavy atom. The fraction of sp³-hybridized carbons (Fsp3) is 0.469. The summed E-state index contributed by atoms with van der Waals surface area (Å²) in [5, 5.41) is 7.18. The highest BCUT2D eigenvalue weighted by Gasteiger charge is 2.56. The number of benzene rings is 2. The van der Waals surface area contributed by atoms with Gasteiger partial charge in [0, 0.05) is 11.8 Å². The van der Waals surface area contributed by atoms with Crippen LogP contribution in [0.3, 0.4) is 0 Å². The zero-order valence-electron chi connectivity index (χ0n) is 24.7. The number of nitrogens with zero attached hydrogens (tertiary/aromatic N) is 4. The first-order valence-electron chi connectivity index (χ1n) is 14.9. The monoisotopic (exact) mass is 591 g/mol. The van der Waals surface area contributed by atoms with Crippen LogP contribution in [0.4, 0.5) is 19.3 Å². The lowest BCUT2D eigenvalue weighted by atomic mass is 9.85. The summed E-state index contributed by atoms with van der Waals surface area (Å²) in [6, 6.07) is 5.89. The summed E-state index contributed by atoms with van der Waals surface area (Å²) in [4.78, 5) is 49.7. The van der Waals surface area contributed by atoms with Crippen LogP contribution in [0.25, 0.3) is 10.8 Å². The lowest BCUT2D eigenvalue weighted by Gasteiger charge is -2.45. The molecule has 2 atom stereocenters. The van der Waals surface area contributed by atoms with Gasteiger partial charge in [-0.2, -0.15) is 5.10 Å². The molecule has 0 radical (unpaired) electrons. The largest absolute Gasteiger partial charge is 0.443 e. The molecule has 1 fully saturated rings. The average Bonchev–Trinajstić information content (AvgIpc) is 3.52. The second kappa shape index (κ2) is 10.5. The molecule has 2 aromatic carbocycles. The van der Waals surface area contributed by atoms with Crippen molar-refractivity contribution in [2.45, 2.75) is 95.9 Å². The number of nitrogens with one attached hydrogen (secondary N) is 1. The van der Waals surface area contributed by atoms with E-state index in [0.29, 0.717) is 36.4 Å². The van der Waals surface area contributed by atoms with E-state index in [1.54, 1.807) is 25.7 Å². The zero-order valence-corrected chi connectivity index (χ0v) is 24.7. The minimum atomic E-state index is -1.02. The summed E-state index contributed by atoms with van der Waals surface area (Å²) in [5.74, 6) is -0.823. The number of hydrogen-bond acceptors (Lipinski definition) is 6. The summed E-state index contributed by atoms with van der Waals surface area (Å²) in [6.45, 7) is 7.19. The van der Waals surface area contributed by atoms with Gasteiger partial charge < -0.3 is 4.74 Å². The van der Waals surface area contributed by atoms with Crippen LogP contribution in [0.15, 0.2) is 46.2 Å². The van der Waals surface area contributed by atoms with Gasteiger partial charge in [0.25, 0.3) is 11.5 Å². The lowest BCUT2D eigenvalue weighted by Crippen LogP contribution is -2.52. The summed E-state index contributed by atoms with van der Waals surface area (Å²) in [6.07, 6.45) is 4.31. The van der Waals surface area contributed by atoms with Crippen molar-refractivity contribution in [3.8, 4) is 0 Å². The predicted molar refractivity (Wildman–Crippen MR) is 158 cm³/mol. The standard InChI is InChI=1S/C32H35F2N5O4/c1-5-6-9-23-35-32(14-7-8-15-32)29(41)39(23)27-25-24-21(28(40)37-36-25)16-20(34)17-22(24)38(30(42)43-31(2,3)4)26(27)18-10-12-19(33)13-11-18/h10-13,16-17,26-27H,5-9,14-15H2,1-4H3,(H,37,40). The van der Waals surface area contributed by atoms with Crippen molar-refractivity contribution in [1.82, 2.24) is 15.1 Å². The second-order valence-corrected chi connectivity index (χ2v) is 12.6. The Balaban J connectivity index is 1.67. The molecule has 3 aliphatic rings. The number of unbranched alkanes of at least 4 members (excludes halogenated alkanes) is 1. The fourth-order valence-electron chi connectivity index (χ4n) is 6.66. The molecule has 0 bridgehead atoms. The van der Waals surface area contributed by atoms with E-state index in [9.17, 15) is 18.8 Å². The first-order chi connectivity index (χ1) is 20.4. The van der Waals surface area contributed by atoms with Crippen LogP contribution in [0.5, 0.6) is 0 Å². The van der Waals surface area contributed by atoms with E-state index in [0.717, 1.165) is 31.7 Å². The molecule has 2 amide bonds. The molecule has 0 saturated heterocycles. The van der Waals surface area contributed by atoms with Gasteiger partial charge in [0.2, 0.25) is 0 Å². The minimum Gasteiger partial charge on any atom is -0.443 e. The highest BCUT2D eigenvalue weighted by atomic mass is 19.1. The van der Waals surface area contributed by atoms with Crippen molar-refractivity contribution in [1.29, 1.82) is 0 Å². The van der Waals surface area contributed by atoms with Gasteiger partial charge in [0.05, 0.1) is 22.8 Å². The quantitative estimate of drug-likeness (QED) is 0.365. The normalized spacial score (nSPS) is 21.2. The third-order valence-corrected chi connectivity index (χ3v) is 8.48. The van der Waals surface area contributed by atoms with E-state index < -0.39 is 46.5 Å². The highest BCUT2D eigenvalue weighted by Crippen LogP contribution is 2.52. The number of H-pyrrole nitrogens is 1. The van der Waals surface area contributed by atoms with Gasteiger partial charge in [-0.3, -0.25) is 24.4 Å². The number of carbonyl (C=O) groups excluding carboxylic acids is 2. The van der Waals surface area contributed by atoms with Gasteiger partial charge in [-0.25, -0.2) is 18.7 Å². The van der Waals surface area contributed by atoms with E-state index in [-0.39, 0.29) is 22.4 Å². The molecule has 3 aromatic rings. The molecule has 1 aromatic heterocycles. The van der Waals surface area contributed by atoms with Crippen LogP contribution >= 0.6 is 0 Å². The maximum atomic E-state index is 15.2. The number of hydrogen-bond donors (Lipinski definition) is 1. The number of aromatic nitrogens is 2. The van der Waals surface area contributed by atoms with Crippen LogP contribution in [0.2, 0.25) is 0 Å². The molecule has 9 nitrogen and oxygen atoms in total. The van der Waals surface area contributed by atoms with Crippen molar-refractivity contribution in [3.63, 3.8) is 0 Å². The van der Waals surface area contributed by atoms with E-state index in [2.05, 4.69) is 17.1 Å². The lowest BCUT2D eigenvalue weighted by molar-refractivity contribution is -0.133. The van der Waals surface area contributed by atoms with Gasteiger partial charge in [-0.05, 0) is 69.9 Å². The third kappa shape index (κ3) is 4.88. The molecule has 1 aliphatic carbocycles. The molecule has 43 heavy (non-hydrogen) atoms. The molecule has 11 heteroatoms. The number of halogens is 2. The van der Waals surface area contributed by atoms with Crippen molar-refractivity contribution < 1.29 is 23.1 Å². The van der Waals surface area contributed by atoms with Crippen LogP contribution in [0, 0.1) is 11.6 Å². The molecular formula is C32H35F2N5O4. The fourth-order valence-corrected chi connectivity index (χ4v) is 6.66. The van der Waals surface area contributed by atoms with Crippen LogP contribution in [-0.2, 0) is 9.53 Å². The number of amides is 2. The predicted octanol–water partition coefficient (Wildman–Crippen LogP) is 6.48. The van der Waals surface area contributed by atoms with Gasteiger partial charge in [0.1, 0.15) is 34.7 Å². The molecule has 226 valence electrons. The van der Waals surface area contributed by atoms with Gasteiger partial charge in [-0.1, -0.05) is 38.3 Å². The molecule has 2 unspecified atom stereocenters. The van der Waals surface area contributed by atoms with Crippen LogP contribution in [0.1, 0.15) is 96.0 Å². The molecular weight excluding hydrogens is 556 g/mol. The smallest absolute Gasteiger partial charge is 0.415 e. The molecule has 1 spiro atoms. The van der Waals surface area contributed by atoms with E-state index in [1.807, 2.05) is 0 Å². The molecule has 1 saturated carbocycles. The Hall–Kier alpha value is -4.15. The summed E-state index contributed by atoms with van der Waals surface area (Å²) in [5.41, 5.74) is -1.61. The van der Waals surface area contributed by atoms with Crippen molar-refractivity contribution in [2.24, 2.45) is 4.99 Å². The summed E-state index contributed by atoms with van der Waals surface area (Å²) in [7, 11) is 0. The number of carbonyl (C=O) groups is 2. The van der Waals surface area contributed by atoms with Crippen LogP contribution in [-0.4, -0.2) is 44.1 Å². The van der Waals surface area contributed by atoms with E-state index in [4.69, 9.17) is 9.73 Å². The minimum absolute atomic E-state index is 0.00890. The Labute approximate surface area is 247 Å². The molecule has 6 rings (SSSR count). The van der Waals surface area contributed by atoms with Crippen molar-refractivity contribution >= 4 is 34.3 Å². The number of anilines is 1. The number of ether oxygens (including phenoxy) is 1. The SMILES string of the molecule is CCCCC1=NC2(CCCC2)C(=O)N1C1c2n[nH]c(=O)c3cc(F)cc(c23)N(C(=O)OC(C)(C)C)C1c1ccc(F)cc1. The number of aromatic amines is 1. The van der Waals surface area contributed by atoms with Gasteiger partial charge in [-0.15, -0.1) is 0 Å². The Bertz CT molecular complexity index is 1690. The summed E-state index contributed by atoms with van der Waals surface area (Å²) < 4.78 is 35.2. The highest BCUT2D eigenvalue weighted by molar-refractivity contribution is 6.11. The third-order valence-electron chi connectivity index (χ3n) is 8.48. The number of rotatable bonds is 5.